The first kappa shape index (κ1) is 17.5. The summed E-state index contributed by atoms with van der Waals surface area (Å²) in [5, 5.41) is 15.3. The maximum atomic E-state index is 8.72. The molecule has 0 fully saturated rings. The monoisotopic (exact) mass is 291 g/mol. The Morgan fingerprint density at radius 1 is 1.24 bits per heavy atom. The van der Waals surface area contributed by atoms with Crippen molar-refractivity contribution in [2.45, 2.75) is 46.5 Å². The van der Waals surface area contributed by atoms with E-state index in [4.69, 9.17) is 10.9 Å². The van der Waals surface area contributed by atoms with Crippen LogP contribution in [0.25, 0.3) is 0 Å². The SMILES string of the molecule is Cc1ccccc1CCNCCCCC(C)(C)/C(N)=N/O. The fraction of sp³-hybridized carbons (Fsp3) is 0.588. The van der Waals surface area contributed by atoms with Gasteiger partial charge in [0, 0.05) is 5.41 Å². The number of amidine groups is 1. The molecule has 0 spiro atoms. The highest BCUT2D eigenvalue weighted by molar-refractivity contribution is 5.85. The summed E-state index contributed by atoms with van der Waals surface area (Å²) in [6, 6.07) is 8.52. The van der Waals surface area contributed by atoms with Crippen molar-refractivity contribution in [3.63, 3.8) is 0 Å². The number of nitrogens with one attached hydrogen (secondary N) is 1. The van der Waals surface area contributed by atoms with Crippen molar-refractivity contribution >= 4 is 5.84 Å². The molecule has 0 aromatic heterocycles. The van der Waals surface area contributed by atoms with Crippen LogP contribution in [-0.4, -0.2) is 24.1 Å². The highest BCUT2D eigenvalue weighted by Crippen LogP contribution is 2.23. The predicted octanol–water partition coefficient (Wildman–Crippen LogP) is 3.07. The molecule has 0 aliphatic rings. The van der Waals surface area contributed by atoms with Crippen LogP contribution in [0.1, 0.15) is 44.2 Å². The van der Waals surface area contributed by atoms with Gasteiger partial charge in [0.2, 0.25) is 0 Å². The van der Waals surface area contributed by atoms with Gasteiger partial charge in [0.1, 0.15) is 5.84 Å². The van der Waals surface area contributed by atoms with Gasteiger partial charge in [0.05, 0.1) is 0 Å². The van der Waals surface area contributed by atoms with E-state index in [1.165, 1.54) is 11.1 Å². The van der Waals surface area contributed by atoms with E-state index in [9.17, 15) is 0 Å². The van der Waals surface area contributed by atoms with Crippen LogP contribution >= 0.6 is 0 Å². The minimum atomic E-state index is -0.226. The zero-order chi connectivity index (χ0) is 15.7. The Balaban J connectivity index is 2.12. The normalized spacial score (nSPS) is 12.6. The van der Waals surface area contributed by atoms with E-state index in [0.29, 0.717) is 5.84 Å². The molecule has 4 heteroatoms. The lowest BCUT2D eigenvalue weighted by molar-refractivity contribution is 0.304. The van der Waals surface area contributed by atoms with Gasteiger partial charge >= 0.3 is 0 Å². The third-order valence-electron chi connectivity index (χ3n) is 4.04. The molecule has 1 rings (SSSR count). The Labute approximate surface area is 128 Å². The zero-order valence-corrected chi connectivity index (χ0v) is 13.5. The van der Waals surface area contributed by atoms with Gasteiger partial charge in [0.15, 0.2) is 0 Å². The Hall–Kier alpha value is -1.55. The molecule has 118 valence electrons. The molecule has 0 atom stereocenters. The van der Waals surface area contributed by atoms with E-state index in [-0.39, 0.29) is 5.41 Å². The lowest BCUT2D eigenvalue weighted by Crippen LogP contribution is -2.32. The molecule has 0 saturated heterocycles. The number of benzene rings is 1. The second-order valence-corrected chi connectivity index (χ2v) is 6.25. The molecule has 1 aromatic carbocycles. The lowest BCUT2D eigenvalue weighted by atomic mass is 9.86. The quantitative estimate of drug-likeness (QED) is 0.215. The molecule has 21 heavy (non-hydrogen) atoms. The number of rotatable bonds is 9. The number of nitrogens with two attached hydrogens (primary N) is 1. The number of unbranched alkanes of at least 4 members (excludes halogenated alkanes) is 1. The molecule has 0 aliphatic heterocycles. The standard InChI is InChI=1S/C17H29N3O/c1-14-8-4-5-9-15(14)10-13-19-12-7-6-11-17(2,3)16(18)20-21/h4-5,8-9,19,21H,6-7,10-13H2,1-3H3,(H2,18,20). The maximum Gasteiger partial charge on any atom is 0.144 e. The van der Waals surface area contributed by atoms with Crippen molar-refractivity contribution in [3.05, 3.63) is 35.4 Å². The molecular formula is C17H29N3O. The highest BCUT2D eigenvalue weighted by Gasteiger charge is 2.22. The second-order valence-electron chi connectivity index (χ2n) is 6.25. The average molecular weight is 291 g/mol. The Morgan fingerprint density at radius 2 is 1.95 bits per heavy atom. The molecule has 0 bridgehead atoms. The number of hydrogen-bond acceptors (Lipinski definition) is 3. The van der Waals surface area contributed by atoms with Gasteiger partial charge in [-0.1, -0.05) is 49.7 Å². The van der Waals surface area contributed by atoms with E-state index in [0.717, 1.165) is 38.8 Å². The van der Waals surface area contributed by atoms with E-state index in [1.807, 2.05) is 13.8 Å². The summed E-state index contributed by atoms with van der Waals surface area (Å²) in [7, 11) is 0. The van der Waals surface area contributed by atoms with Gasteiger partial charge in [-0.05, 0) is 50.4 Å². The van der Waals surface area contributed by atoms with Crippen LogP contribution in [0.5, 0.6) is 0 Å². The molecule has 4 N–H and O–H groups in total. The van der Waals surface area contributed by atoms with Gasteiger partial charge in [-0.15, -0.1) is 0 Å². The van der Waals surface area contributed by atoms with Crippen molar-refractivity contribution in [2.75, 3.05) is 13.1 Å². The first-order chi connectivity index (χ1) is 9.97. The van der Waals surface area contributed by atoms with Crippen molar-refractivity contribution in [3.8, 4) is 0 Å². The minimum Gasteiger partial charge on any atom is -0.409 e. The molecule has 0 aliphatic carbocycles. The Kier molecular flexibility index (Phi) is 7.23. The van der Waals surface area contributed by atoms with E-state index >= 15 is 0 Å². The third kappa shape index (κ3) is 6.17. The van der Waals surface area contributed by atoms with Crippen molar-refractivity contribution in [2.24, 2.45) is 16.3 Å². The van der Waals surface area contributed by atoms with Crippen molar-refractivity contribution in [1.29, 1.82) is 0 Å². The van der Waals surface area contributed by atoms with Crippen LogP contribution in [0.4, 0.5) is 0 Å². The van der Waals surface area contributed by atoms with Crippen molar-refractivity contribution < 1.29 is 5.21 Å². The van der Waals surface area contributed by atoms with Gasteiger partial charge in [-0.2, -0.15) is 0 Å². The van der Waals surface area contributed by atoms with Crippen LogP contribution in [0.2, 0.25) is 0 Å². The summed E-state index contributed by atoms with van der Waals surface area (Å²) in [5.41, 5.74) is 8.23. The summed E-state index contributed by atoms with van der Waals surface area (Å²) >= 11 is 0. The molecule has 0 radical (unpaired) electrons. The second kappa shape index (κ2) is 8.67. The summed E-state index contributed by atoms with van der Waals surface area (Å²) < 4.78 is 0. The number of hydrogen-bond donors (Lipinski definition) is 3. The van der Waals surface area contributed by atoms with Crippen molar-refractivity contribution in [1.82, 2.24) is 5.32 Å². The molecule has 0 unspecified atom stereocenters. The summed E-state index contributed by atoms with van der Waals surface area (Å²) in [6.45, 7) is 8.19. The smallest absolute Gasteiger partial charge is 0.144 e. The first-order valence-electron chi connectivity index (χ1n) is 7.70. The Morgan fingerprint density at radius 3 is 2.62 bits per heavy atom. The number of oxime groups is 1. The first-order valence-corrected chi connectivity index (χ1v) is 7.70. The largest absolute Gasteiger partial charge is 0.409 e. The number of nitrogens with zero attached hydrogens (tertiary/aromatic N) is 1. The summed E-state index contributed by atoms with van der Waals surface area (Å²) in [6.07, 6.45) is 4.18. The molecule has 4 nitrogen and oxygen atoms in total. The van der Waals surface area contributed by atoms with Crippen LogP contribution in [0.3, 0.4) is 0 Å². The van der Waals surface area contributed by atoms with E-state index in [2.05, 4.69) is 41.7 Å². The van der Waals surface area contributed by atoms with E-state index < -0.39 is 0 Å². The fourth-order valence-electron chi connectivity index (χ4n) is 2.32. The molecule has 0 amide bonds. The lowest BCUT2D eigenvalue weighted by Gasteiger charge is -2.22. The van der Waals surface area contributed by atoms with Gasteiger partial charge in [-0.25, -0.2) is 0 Å². The fourth-order valence-corrected chi connectivity index (χ4v) is 2.32. The zero-order valence-electron chi connectivity index (χ0n) is 13.5. The predicted molar refractivity (Wildman–Crippen MR) is 88.8 cm³/mol. The average Bonchev–Trinajstić information content (AvgIpc) is 2.47. The minimum absolute atomic E-state index is 0.226. The summed E-state index contributed by atoms with van der Waals surface area (Å²) in [4.78, 5) is 0. The van der Waals surface area contributed by atoms with Gasteiger partial charge in [0.25, 0.3) is 0 Å². The van der Waals surface area contributed by atoms with Crippen LogP contribution in [-0.2, 0) is 6.42 Å². The topological polar surface area (TPSA) is 70.6 Å². The molecular weight excluding hydrogens is 262 g/mol. The van der Waals surface area contributed by atoms with Crippen LogP contribution in [0.15, 0.2) is 29.4 Å². The molecule has 0 heterocycles. The third-order valence-corrected chi connectivity index (χ3v) is 4.04. The van der Waals surface area contributed by atoms with Crippen LogP contribution in [0, 0.1) is 12.3 Å². The number of aryl methyl sites for hydroxylation is 1. The summed E-state index contributed by atoms with van der Waals surface area (Å²) in [5.74, 6) is 0.315. The highest BCUT2D eigenvalue weighted by atomic mass is 16.4. The van der Waals surface area contributed by atoms with Crippen LogP contribution < -0.4 is 11.1 Å². The molecule has 1 aromatic rings. The van der Waals surface area contributed by atoms with Gasteiger partial charge < -0.3 is 16.3 Å². The van der Waals surface area contributed by atoms with Gasteiger partial charge in [-0.3, -0.25) is 0 Å². The maximum absolute atomic E-state index is 8.72. The molecule has 0 saturated carbocycles. The van der Waals surface area contributed by atoms with E-state index in [1.54, 1.807) is 0 Å². The Bertz CT molecular complexity index is 455.